The van der Waals surface area contributed by atoms with Crippen LogP contribution in [0.2, 0.25) is 0 Å². The smallest absolute Gasteiger partial charge is 0.231 e. The Labute approximate surface area is 115 Å². The van der Waals surface area contributed by atoms with Gasteiger partial charge >= 0.3 is 0 Å². The summed E-state index contributed by atoms with van der Waals surface area (Å²) in [5.41, 5.74) is 3.59. The van der Waals surface area contributed by atoms with Gasteiger partial charge in [0, 0.05) is 12.2 Å². The molecule has 1 aliphatic heterocycles. The molecular weight excluding hydrogens is 238 g/mol. The SMILES string of the molecule is CNCCCN1C(=O)Cc2cc(CCNC)ccc21. The second kappa shape index (κ2) is 6.68. The van der Waals surface area contributed by atoms with Crippen molar-refractivity contribution in [3.63, 3.8) is 0 Å². The van der Waals surface area contributed by atoms with Crippen molar-refractivity contribution in [1.82, 2.24) is 10.6 Å². The van der Waals surface area contributed by atoms with Crippen LogP contribution in [0, 0.1) is 0 Å². The molecular formula is C15H23N3O. The number of carbonyl (C=O) groups is 1. The van der Waals surface area contributed by atoms with Crippen molar-refractivity contribution in [2.45, 2.75) is 19.3 Å². The van der Waals surface area contributed by atoms with Gasteiger partial charge in [0.25, 0.3) is 0 Å². The molecule has 0 aromatic heterocycles. The molecule has 0 atom stereocenters. The zero-order chi connectivity index (χ0) is 13.7. The molecule has 1 aromatic carbocycles. The van der Waals surface area contributed by atoms with Crippen molar-refractivity contribution in [2.75, 3.05) is 38.6 Å². The third kappa shape index (κ3) is 3.33. The largest absolute Gasteiger partial charge is 0.320 e. The van der Waals surface area contributed by atoms with Crippen LogP contribution in [0.5, 0.6) is 0 Å². The van der Waals surface area contributed by atoms with E-state index in [2.05, 4.69) is 28.8 Å². The van der Waals surface area contributed by atoms with Gasteiger partial charge in [0.05, 0.1) is 6.42 Å². The number of fused-ring (bicyclic) bond motifs is 1. The third-order valence-corrected chi connectivity index (χ3v) is 3.55. The summed E-state index contributed by atoms with van der Waals surface area (Å²) in [5, 5.41) is 6.27. The van der Waals surface area contributed by atoms with Crippen LogP contribution >= 0.6 is 0 Å². The van der Waals surface area contributed by atoms with E-state index in [-0.39, 0.29) is 5.91 Å². The lowest BCUT2D eigenvalue weighted by Gasteiger charge is -2.17. The molecule has 104 valence electrons. The molecule has 1 amide bonds. The van der Waals surface area contributed by atoms with Crippen LogP contribution in [0.15, 0.2) is 18.2 Å². The Morgan fingerprint density at radius 3 is 2.74 bits per heavy atom. The highest BCUT2D eigenvalue weighted by Crippen LogP contribution is 2.29. The number of carbonyl (C=O) groups excluding carboxylic acids is 1. The summed E-state index contributed by atoms with van der Waals surface area (Å²) in [6.45, 7) is 2.72. The average Bonchev–Trinajstić information content (AvgIpc) is 2.72. The molecule has 4 nitrogen and oxygen atoms in total. The minimum Gasteiger partial charge on any atom is -0.320 e. The second-order valence-electron chi connectivity index (χ2n) is 5.00. The van der Waals surface area contributed by atoms with E-state index < -0.39 is 0 Å². The van der Waals surface area contributed by atoms with Crippen molar-refractivity contribution in [3.05, 3.63) is 29.3 Å². The summed E-state index contributed by atoms with van der Waals surface area (Å²) < 4.78 is 0. The van der Waals surface area contributed by atoms with Crippen LogP contribution in [0.3, 0.4) is 0 Å². The van der Waals surface area contributed by atoms with Gasteiger partial charge in [-0.1, -0.05) is 12.1 Å². The summed E-state index contributed by atoms with van der Waals surface area (Å²) >= 11 is 0. The number of amides is 1. The molecule has 0 spiro atoms. The molecule has 0 saturated carbocycles. The lowest BCUT2D eigenvalue weighted by Crippen LogP contribution is -2.29. The maximum atomic E-state index is 12.0. The number of nitrogens with zero attached hydrogens (tertiary/aromatic N) is 1. The molecule has 0 fully saturated rings. The van der Waals surface area contributed by atoms with E-state index in [4.69, 9.17) is 0 Å². The van der Waals surface area contributed by atoms with E-state index in [9.17, 15) is 4.79 Å². The fourth-order valence-electron chi connectivity index (χ4n) is 2.52. The third-order valence-electron chi connectivity index (χ3n) is 3.55. The van der Waals surface area contributed by atoms with Crippen LogP contribution in [0.1, 0.15) is 17.5 Å². The van der Waals surface area contributed by atoms with Crippen molar-refractivity contribution in [3.8, 4) is 0 Å². The average molecular weight is 261 g/mol. The van der Waals surface area contributed by atoms with Gasteiger partial charge in [0.2, 0.25) is 5.91 Å². The van der Waals surface area contributed by atoms with Crippen molar-refractivity contribution in [2.24, 2.45) is 0 Å². The Morgan fingerprint density at radius 1 is 1.21 bits per heavy atom. The number of likely N-dealkylation sites (N-methyl/N-ethyl adjacent to an activating group) is 1. The number of anilines is 1. The lowest BCUT2D eigenvalue weighted by molar-refractivity contribution is -0.117. The van der Waals surface area contributed by atoms with Crippen LogP contribution in [0.25, 0.3) is 0 Å². The van der Waals surface area contributed by atoms with Gasteiger partial charge < -0.3 is 15.5 Å². The Balaban J connectivity index is 2.06. The molecule has 2 N–H and O–H groups in total. The van der Waals surface area contributed by atoms with Crippen molar-refractivity contribution >= 4 is 11.6 Å². The quantitative estimate of drug-likeness (QED) is 0.718. The van der Waals surface area contributed by atoms with E-state index in [1.807, 2.05) is 19.0 Å². The molecule has 0 aliphatic carbocycles. The normalized spacial score (nSPS) is 14.0. The maximum Gasteiger partial charge on any atom is 0.231 e. The van der Waals surface area contributed by atoms with E-state index in [0.29, 0.717) is 6.42 Å². The van der Waals surface area contributed by atoms with Gasteiger partial charge in [0.1, 0.15) is 0 Å². The summed E-state index contributed by atoms with van der Waals surface area (Å²) in [6.07, 6.45) is 2.56. The van der Waals surface area contributed by atoms with Crippen LogP contribution < -0.4 is 15.5 Å². The highest BCUT2D eigenvalue weighted by molar-refractivity contribution is 6.01. The van der Waals surface area contributed by atoms with Gasteiger partial charge in [-0.15, -0.1) is 0 Å². The number of hydrogen-bond acceptors (Lipinski definition) is 3. The van der Waals surface area contributed by atoms with Crippen molar-refractivity contribution in [1.29, 1.82) is 0 Å². The minimum atomic E-state index is 0.233. The second-order valence-corrected chi connectivity index (χ2v) is 5.00. The standard InChI is InChI=1S/C15H23N3O/c1-16-7-3-9-18-14-5-4-12(6-8-17-2)10-13(14)11-15(18)19/h4-5,10,16-17H,3,6-9,11H2,1-2H3. The van der Waals surface area contributed by atoms with Crippen molar-refractivity contribution < 1.29 is 4.79 Å². The summed E-state index contributed by atoms with van der Waals surface area (Å²) in [7, 11) is 3.90. The molecule has 1 aromatic rings. The monoisotopic (exact) mass is 261 g/mol. The minimum absolute atomic E-state index is 0.233. The molecule has 2 rings (SSSR count). The molecule has 0 bridgehead atoms. The van der Waals surface area contributed by atoms with Gasteiger partial charge in [-0.25, -0.2) is 0 Å². The highest BCUT2D eigenvalue weighted by atomic mass is 16.2. The molecule has 0 radical (unpaired) electrons. The molecule has 1 aliphatic rings. The van der Waals surface area contributed by atoms with Crippen LogP contribution in [-0.4, -0.2) is 39.6 Å². The summed E-state index contributed by atoms with van der Waals surface area (Å²) in [5.74, 6) is 0.233. The first-order valence-corrected chi connectivity index (χ1v) is 6.97. The number of nitrogens with one attached hydrogen (secondary N) is 2. The van der Waals surface area contributed by atoms with Gasteiger partial charge in [-0.2, -0.15) is 0 Å². The predicted octanol–water partition coefficient (Wildman–Crippen LogP) is 0.947. The fourth-order valence-corrected chi connectivity index (χ4v) is 2.52. The van der Waals surface area contributed by atoms with E-state index in [0.717, 1.165) is 38.2 Å². The first-order chi connectivity index (χ1) is 9.26. The fraction of sp³-hybridized carbons (Fsp3) is 0.533. The Kier molecular flexibility index (Phi) is 4.93. The van der Waals surface area contributed by atoms with E-state index in [1.54, 1.807) is 0 Å². The zero-order valence-corrected chi connectivity index (χ0v) is 11.8. The summed E-state index contributed by atoms with van der Waals surface area (Å²) in [6, 6.07) is 6.42. The van der Waals surface area contributed by atoms with Crippen LogP contribution in [0.4, 0.5) is 5.69 Å². The number of hydrogen-bond donors (Lipinski definition) is 2. The number of benzene rings is 1. The Morgan fingerprint density at radius 2 is 2.00 bits per heavy atom. The number of rotatable bonds is 7. The van der Waals surface area contributed by atoms with E-state index in [1.165, 1.54) is 11.1 Å². The molecule has 19 heavy (non-hydrogen) atoms. The first kappa shape index (κ1) is 14.0. The Bertz CT molecular complexity index is 445. The molecule has 0 unspecified atom stereocenters. The lowest BCUT2D eigenvalue weighted by atomic mass is 10.1. The van der Waals surface area contributed by atoms with E-state index >= 15 is 0 Å². The summed E-state index contributed by atoms with van der Waals surface area (Å²) in [4.78, 5) is 14.0. The van der Waals surface area contributed by atoms with Crippen LogP contribution in [-0.2, 0) is 17.6 Å². The van der Waals surface area contributed by atoms with Gasteiger partial charge in [-0.3, -0.25) is 4.79 Å². The predicted molar refractivity (Wildman–Crippen MR) is 78.7 cm³/mol. The molecule has 1 heterocycles. The maximum absolute atomic E-state index is 12.0. The van der Waals surface area contributed by atoms with Gasteiger partial charge in [0.15, 0.2) is 0 Å². The topological polar surface area (TPSA) is 44.4 Å². The zero-order valence-electron chi connectivity index (χ0n) is 11.8. The first-order valence-electron chi connectivity index (χ1n) is 6.97. The molecule has 4 heteroatoms. The Hall–Kier alpha value is -1.39. The van der Waals surface area contributed by atoms with Gasteiger partial charge in [-0.05, 0) is 57.2 Å². The molecule has 0 saturated heterocycles. The highest BCUT2D eigenvalue weighted by Gasteiger charge is 2.26.